The van der Waals surface area contributed by atoms with Crippen LogP contribution in [0.4, 0.5) is 10.1 Å². The SMILES string of the molecule is Nc1ccc(F)cc1Cn1c(=O)oc2ccccc21. The first-order chi connectivity index (χ1) is 9.15. The van der Waals surface area contributed by atoms with E-state index in [1.165, 1.54) is 22.8 Å². The fourth-order valence-corrected chi connectivity index (χ4v) is 2.05. The fourth-order valence-electron chi connectivity index (χ4n) is 2.05. The summed E-state index contributed by atoms with van der Waals surface area (Å²) in [6.07, 6.45) is 0. The largest absolute Gasteiger partial charge is 0.420 e. The van der Waals surface area contributed by atoms with Gasteiger partial charge in [0, 0.05) is 5.69 Å². The number of halogens is 1. The van der Waals surface area contributed by atoms with E-state index in [1.807, 2.05) is 6.07 Å². The van der Waals surface area contributed by atoms with E-state index in [-0.39, 0.29) is 12.4 Å². The molecule has 96 valence electrons. The number of nitrogen functional groups attached to an aromatic ring is 1. The topological polar surface area (TPSA) is 61.2 Å². The normalized spacial score (nSPS) is 11.0. The Morgan fingerprint density at radius 1 is 1.21 bits per heavy atom. The molecule has 19 heavy (non-hydrogen) atoms. The molecule has 4 nitrogen and oxygen atoms in total. The second kappa shape index (κ2) is 4.28. The van der Waals surface area contributed by atoms with E-state index in [2.05, 4.69) is 0 Å². The van der Waals surface area contributed by atoms with Crippen molar-refractivity contribution in [2.24, 2.45) is 0 Å². The monoisotopic (exact) mass is 258 g/mol. The predicted molar refractivity (Wildman–Crippen MR) is 70.4 cm³/mol. The van der Waals surface area contributed by atoms with Crippen LogP contribution in [0.1, 0.15) is 5.56 Å². The van der Waals surface area contributed by atoms with E-state index in [9.17, 15) is 9.18 Å². The molecule has 0 aliphatic rings. The summed E-state index contributed by atoms with van der Waals surface area (Å²) in [5.41, 5.74) is 7.95. The van der Waals surface area contributed by atoms with Gasteiger partial charge in [0.25, 0.3) is 0 Å². The second-order valence-corrected chi connectivity index (χ2v) is 4.26. The summed E-state index contributed by atoms with van der Waals surface area (Å²) in [7, 11) is 0. The lowest BCUT2D eigenvalue weighted by atomic mass is 10.1. The molecule has 2 aromatic carbocycles. The standard InChI is InChI=1S/C14H11FN2O2/c15-10-5-6-11(16)9(7-10)8-17-12-3-1-2-4-13(12)19-14(17)18/h1-7H,8,16H2. The van der Waals surface area contributed by atoms with Gasteiger partial charge in [0.15, 0.2) is 5.58 Å². The van der Waals surface area contributed by atoms with Crippen molar-refractivity contribution >= 4 is 16.8 Å². The first-order valence-electron chi connectivity index (χ1n) is 5.77. The van der Waals surface area contributed by atoms with Crippen molar-refractivity contribution in [3.8, 4) is 0 Å². The highest BCUT2D eigenvalue weighted by atomic mass is 19.1. The summed E-state index contributed by atoms with van der Waals surface area (Å²) in [5.74, 6) is -0.866. The average Bonchev–Trinajstić information content (AvgIpc) is 2.71. The molecule has 5 heteroatoms. The summed E-state index contributed by atoms with van der Waals surface area (Å²) in [6, 6.07) is 11.2. The van der Waals surface area contributed by atoms with Gasteiger partial charge in [-0.25, -0.2) is 9.18 Å². The summed E-state index contributed by atoms with van der Waals surface area (Å²) in [4.78, 5) is 11.8. The molecule has 2 N–H and O–H groups in total. The molecule has 0 bridgehead atoms. The summed E-state index contributed by atoms with van der Waals surface area (Å²) >= 11 is 0. The van der Waals surface area contributed by atoms with Crippen molar-refractivity contribution in [3.63, 3.8) is 0 Å². The fraction of sp³-hybridized carbons (Fsp3) is 0.0714. The number of aromatic nitrogens is 1. The quantitative estimate of drug-likeness (QED) is 0.718. The third kappa shape index (κ3) is 1.99. The van der Waals surface area contributed by atoms with Crippen LogP contribution >= 0.6 is 0 Å². The smallest absolute Gasteiger partial charge is 0.408 e. The van der Waals surface area contributed by atoms with Crippen LogP contribution in [0.3, 0.4) is 0 Å². The Balaban J connectivity index is 2.13. The minimum absolute atomic E-state index is 0.180. The number of benzene rings is 2. The molecule has 0 atom stereocenters. The first kappa shape index (κ1) is 11.5. The van der Waals surface area contributed by atoms with Crippen molar-refractivity contribution < 1.29 is 8.81 Å². The van der Waals surface area contributed by atoms with Crippen molar-refractivity contribution in [3.05, 3.63) is 64.4 Å². The predicted octanol–water partition coefficient (Wildman–Crippen LogP) is 2.36. The summed E-state index contributed by atoms with van der Waals surface area (Å²) in [6.45, 7) is 0.180. The number of nitrogens with two attached hydrogens (primary N) is 1. The highest BCUT2D eigenvalue weighted by molar-refractivity contribution is 5.72. The van der Waals surface area contributed by atoms with Crippen LogP contribution in [0.2, 0.25) is 0 Å². The van der Waals surface area contributed by atoms with Crippen LogP contribution in [0.15, 0.2) is 51.7 Å². The molecule has 0 aliphatic carbocycles. The summed E-state index contributed by atoms with van der Waals surface area (Å²) < 4.78 is 19.8. The molecule has 3 rings (SSSR count). The third-order valence-electron chi connectivity index (χ3n) is 3.01. The van der Waals surface area contributed by atoms with Crippen molar-refractivity contribution in [1.29, 1.82) is 0 Å². The van der Waals surface area contributed by atoms with Crippen LogP contribution in [0, 0.1) is 5.82 Å². The molecule has 3 aromatic rings. The Labute approximate surface area is 107 Å². The maximum atomic E-state index is 13.2. The number of fused-ring (bicyclic) bond motifs is 1. The molecule has 0 radical (unpaired) electrons. The molecule has 0 unspecified atom stereocenters. The van der Waals surface area contributed by atoms with Crippen molar-refractivity contribution in [2.75, 3.05) is 5.73 Å². The lowest BCUT2D eigenvalue weighted by Gasteiger charge is -2.06. The van der Waals surface area contributed by atoms with Gasteiger partial charge in [0.2, 0.25) is 0 Å². The van der Waals surface area contributed by atoms with Crippen LogP contribution in [-0.2, 0) is 6.54 Å². The Morgan fingerprint density at radius 2 is 2.00 bits per heavy atom. The lowest BCUT2D eigenvalue weighted by molar-refractivity contribution is 0.517. The van der Waals surface area contributed by atoms with Gasteiger partial charge >= 0.3 is 5.76 Å². The average molecular weight is 258 g/mol. The van der Waals surface area contributed by atoms with Gasteiger partial charge in [-0.1, -0.05) is 12.1 Å². The Bertz CT molecular complexity index is 805. The van der Waals surface area contributed by atoms with Gasteiger partial charge in [-0.05, 0) is 35.9 Å². The minimum Gasteiger partial charge on any atom is -0.408 e. The van der Waals surface area contributed by atoms with E-state index in [1.54, 1.807) is 18.2 Å². The highest BCUT2D eigenvalue weighted by Crippen LogP contribution is 2.18. The van der Waals surface area contributed by atoms with Crippen molar-refractivity contribution in [1.82, 2.24) is 4.57 Å². The van der Waals surface area contributed by atoms with E-state index in [0.717, 1.165) is 0 Å². The molecule has 0 saturated carbocycles. The molecule has 1 aromatic heterocycles. The Morgan fingerprint density at radius 3 is 2.84 bits per heavy atom. The zero-order valence-electron chi connectivity index (χ0n) is 9.97. The van der Waals surface area contributed by atoms with E-state index in [0.29, 0.717) is 22.4 Å². The highest BCUT2D eigenvalue weighted by Gasteiger charge is 2.10. The van der Waals surface area contributed by atoms with Crippen LogP contribution in [-0.4, -0.2) is 4.57 Å². The number of oxazole rings is 1. The van der Waals surface area contributed by atoms with E-state index >= 15 is 0 Å². The van der Waals surface area contributed by atoms with E-state index < -0.39 is 5.76 Å². The number of hydrogen-bond donors (Lipinski definition) is 1. The third-order valence-corrected chi connectivity index (χ3v) is 3.01. The Hall–Kier alpha value is -2.56. The molecule has 1 heterocycles. The number of rotatable bonds is 2. The minimum atomic E-state index is -0.482. The van der Waals surface area contributed by atoms with Gasteiger partial charge in [0.05, 0.1) is 12.1 Å². The molecule has 0 spiro atoms. The van der Waals surface area contributed by atoms with Crippen LogP contribution < -0.4 is 11.5 Å². The van der Waals surface area contributed by atoms with Crippen molar-refractivity contribution in [2.45, 2.75) is 6.54 Å². The molecule has 0 fully saturated rings. The molecular formula is C14H11FN2O2. The van der Waals surface area contributed by atoms with E-state index in [4.69, 9.17) is 10.2 Å². The van der Waals surface area contributed by atoms with Gasteiger partial charge in [0.1, 0.15) is 5.82 Å². The molecule has 0 aliphatic heterocycles. The first-order valence-corrected chi connectivity index (χ1v) is 5.77. The zero-order valence-corrected chi connectivity index (χ0v) is 9.97. The van der Waals surface area contributed by atoms with Gasteiger partial charge in [-0.2, -0.15) is 0 Å². The maximum Gasteiger partial charge on any atom is 0.420 e. The summed E-state index contributed by atoms with van der Waals surface area (Å²) in [5, 5.41) is 0. The number of nitrogens with zero attached hydrogens (tertiary/aromatic N) is 1. The number of para-hydroxylation sites is 2. The number of anilines is 1. The van der Waals surface area contributed by atoms with Crippen LogP contribution in [0.5, 0.6) is 0 Å². The molecule has 0 saturated heterocycles. The van der Waals surface area contributed by atoms with Gasteiger partial charge in [-0.15, -0.1) is 0 Å². The zero-order chi connectivity index (χ0) is 13.4. The Kier molecular flexibility index (Phi) is 2.59. The maximum absolute atomic E-state index is 13.2. The van der Waals surface area contributed by atoms with Gasteiger partial charge in [-0.3, -0.25) is 4.57 Å². The second-order valence-electron chi connectivity index (χ2n) is 4.26. The molecule has 0 amide bonds. The molecular weight excluding hydrogens is 247 g/mol. The lowest BCUT2D eigenvalue weighted by Crippen LogP contribution is -2.15. The van der Waals surface area contributed by atoms with Gasteiger partial charge < -0.3 is 10.2 Å². The number of hydrogen-bond acceptors (Lipinski definition) is 3. The van der Waals surface area contributed by atoms with Crippen LogP contribution in [0.25, 0.3) is 11.1 Å².